The van der Waals surface area contributed by atoms with Crippen LogP contribution in [0.3, 0.4) is 0 Å². The Balaban J connectivity index is 1.85. The first-order chi connectivity index (χ1) is 8.19. The van der Waals surface area contributed by atoms with Crippen LogP contribution in [0.2, 0.25) is 0 Å². The zero-order chi connectivity index (χ0) is 11.9. The lowest BCUT2D eigenvalue weighted by Crippen LogP contribution is -2.36. The molecule has 2 aliphatic rings. The summed E-state index contributed by atoms with van der Waals surface area (Å²) in [7, 11) is 0. The average Bonchev–Trinajstić information content (AvgIpc) is 3.10. The summed E-state index contributed by atoms with van der Waals surface area (Å²) in [6.45, 7) is 2.85. The van der Waals surface area contributed by atoms with E-state index in [0.29, 0.717) is 18.9 Å². The molecule has 1 aromatic carbocycles. The van der Waals surface area contributed by atoms with Gasteiger partial charge in [0.25, 0.3) is 0 Å². The lowest BCUT2D eigenvalue weighted by Gasteiger charge is -2.29. The van der Waals surface area contributed by atoms with Crippen molar-refractivity contribution >= 4 is 5.69 Å². The SMILES string of the molecule is NC1(c2ccc(N3CCOCC3)c(F)c2)CC1. The van der Waals surface area contributed by atoms with Gasteiger partial charge in [0.1, 0.15) is 5.82 Å². The predicted octanol–water partition coefficient (Wildman–Crippen LogP) is 1.61. The maximum absolute atomic E-state index is 14.1. The van der Waals surface area contributed by atoms with Gasteiger partial charge in [0, 0.05) is 18.6 Å². The molecule has 1 aromatic rings. The molecule has 0 amide bonds. The third kappa shape index (κ3) is 2.03. The zero-order valence-electron chi connectivity index (χ0n) is 9.79. The smallest absolute Gasteiger partial charge is 0.146 e. The Kier molecular flexibility index (Phi) is 2.56. The second kappa shape index (κ2) is 3.96. The predicted molar refractivity (Wildman–Crippen MR) is 64.5 cm³/mol. The fourth-order valence-electron chi connectivity index (χ4n) is 2.30. The summed E-state index contributed by atoms with van der Waals surface area (Å²) in [4.78, 5) is 2.03. The number of nitrogens with zero attached hydrogens (tertiary/aromatic N) is 1. The van der Waals surface area contributed by atoms with E-state index < -0.39 is 0 Å². The fraction of sp³-hybridized carbons (Fsp3) is 0.538. The minimum absolute atomic E-state index is 0.166. The second-order valence-electron chi connectivity index (χ2n) is 4.92. The van der Waals surface area contributed by atoms with E-state index in [2.05, 4.69) is 0 Å². The van der Waals surface area contributed by atoms with E-state index in [0.717, 1.165) is 31.5 Å². The van der Waals surface area contributed by atoms with E-state index in [1.807, 2.05) is 17.0 Å². The number of benzene rings is 1. The monoisotopic (exact) mass is 236 g/mol. The van der Waals surface area contributed by atoms with Crippen LogP contribution in [0.5, 0.6) is 0 Å². The summed E-state index contributed by atoms with van der Waals surface area (Å²) < 4.78 is 19.3. The molecule has 4 heteroatoms. The third-order valence-electron chi connectivity index (χ3n) is 3.66. The number of rotatable bonds is 2. The van der Waals surface area contributed by atoms with Crippen molar-refractivity contribution in [1.29, 1.82) is 0 Å². The highest BCUT2D eigenvalue weighted by Gasteiger charge is 2.40. The molecule has 0 bridgehead atoms. The lowest BCUT2D eigenvalue weighted by atomic mass is 10.0. The highest BCUT2D eigenvalue weighted by molar-refractivity contribution is 5.51. The van der Waals surface area contributed by atoms with E-state index >= 15 is 0 Å². The Morgan fingerprint density at radius 2 is 1.94 bits per heavy atom. The largest absolute Gasteiger partial charge is 0.378 e. The van der Waals surface area contributed by atoms with Crippen molar-refractivity contribution in [2.75, 3.05) is 31.2 Å². The number of ether oxygens (including phenoxy) is 1. The number of hydrogen-bond donors (Lipinski definition) is 1. The normalized spacial score (nSPS) is 22.6. The lowest BCUT2D eigenvalue weighted by molar-refractivity contribution is 0.122. The van der Waals surface area contributed by atoms with Crippen LogP contribution >= 0.6 is 0 Å². The van der Waals surface area contributed by atoms with E-state index in [-0.39, 0.29) is 11.4 Å². The Hall–Kier alpha value is -1.13. The minimum Gasteiger partial charge on any atom is -0.378 e. The van der Waals surface area contributed by atoms with Gasteiger partial charge in [0.15, 0.2) is 0 Å². The number of hydrogen-bond acceptors (Lipinski definition) is 3. The van der Waals surface area contributed by atoms with Crippen molar-refractivity contribution in [3.05, 3.63) is 29.6 Å². The summed E-state index contributed by atoms with van der Waals surface area (Å²) in [6, 6.07) is 5.40. The van der Waals surface area contributed by atoms with Crippen LogP contribution in [0.1, 0.15) is 18.4 Å². The van der Waals surface area contributed by atoms with Crippen LogP contribution in [0.4, 0.5) is 10.1 Å². The van der Waals surface area contributed by atoms with E-state index in [4.69, 9.17) is 10.5 Å². The van der Waals surface area contributed by atoms with Gasteiger partial charge in [0.2, 0.25) is 0 Å². The maximum Gasteiger partial charge on any atom is 0.146 e. The van der Waals surface area contributed by atoms with Gasteiger partial charge in [-0.05, 0) is 30.5 Å². The average molecular weight is 236 g/mol. The molecule has 3 rings (SSSR count). The summed E-state index contributed by atoms with van der Waals surface area (Å²) in [6.07, 6.45) is 1.92. The standard InChI is InChI=1S/C13H17FN2O/c14-11-9-10(13(15)3-4-13)1-2-12(11)16-5-7-17-8-6-16/h1-2,9H,3-8,15H2. The zero-order valence-corrected chi connectivity index (χ0v) is 9.79. The van der Waals surface area contributed by atoms with Gasteiger partial charge < -0.3 is 15.4 Å². The molecule has 1 aliphatic carbocycles. The minimum atomic E-state index is -0.260. The van der Waals surface area contributed by atoms with E-state index in [9.17, 15) is 4.39 Å². The maximum atomic E-state index is 14.1. The van der Waals surface area contributed by atoms with Gasteiger partial charge in [0.05, 0.1) is 18.9 Å². The summed E-state index contributed by atoms with van der Waals surface area (Å²) >= 11 is 0. The fourth-order valence-corrected chi connectivity index (χ4v) is 2.30. The molecule has 1 saturated heterocycles. The second-order valence-corrected chi connectivity index (χ2v) is 4.92. The molecule has 1 saturated carbocycles. The van der Waals surface area contributed by atoms with Gasteiger partial charge >= 0.3 is 0 Å². The van der Waals surface area contributed by atoms with Gasteiger partial charge in [-0.1, -0.05) is 6.07 Å². The molecule has 0 unspecified atom stereocenters. The molecule has 0 radical (unpaired) electrons. The van der Waals surface area contributed by atoms with Crippen molar-refractivity contribution in [1.82, 2.24) is 0 Å². The number of halogens is 1. The first-order valence-corrected chi connectivity index (χ1v) is 6.11. The molecule has 0 aromatic heterocycles. The van der Waals surface area contributed by atoms with Gasteiger partial charge in [-0.2, -0.15) is 0 Å². The molecule has 0 spiro atoms. The molecule has 17 heavy (non-hydrogen) atoms. The molecule has 0 atom stereocenters. The Labute approximate surface area is 100 Å². The quantitative estimate of drug-likeness (QED) is 0.848. The molecule has 2 fully saturated rings. The van der Waals surface area contributed by atoms with Crippen molar-refractivity contribution in [3.63, 3.8) is 0 Å². The van der Waals surface area contributed by atoms with Crippen molar-refractivity contribution in [3.8, 4) is 0 Å². The van der Waals surface area contributed by atoms with Crippen LogP contribution < -0.4 is 10.6 Å². The number of morpholine rings is 1. The molecular weight excluding hydrogens is 219 g/mol. The van der Waals surface area contributed by atoms with E-state index in [1.165, 1.54) is 0 Å². The Morgan fingerprint density at radius 3 is 2.53 bits per heavy atom. The van der Waals surface area contributed by atoms with Crippen LogP contribution in [-0.2, 0) is 10.3 Å². The Morgan fingerprint density at radius 1 is 1.24 bits per heavy atom. The highest BCUT2D eigenvalue weighted by Crippen LogP contribution is 2.43. The third-order valence-corrected chi connectivity index (χ3v) is 3.66. The molecule has 2 N–H and O–H groups in total. The highest BCUT2D eigenvalue weighted by atomic mass is 19.1. The molecule has 3 nitrogen and oxygen atoms in total. The van der Waals surface area contributed by atoms with Crippen molar-refractivity contribution < 1.29 is 9.13 Å². The molecule has 92 valence electrons. The first-order valence-electron chi connectivity index (χ1n) is 6.11. The van der Waals surface area contributed by atoms with Crippen molar-refractivity contribution in [2.45, 2.75) is 18.4 Å². The molecular formula is C13H17FN2O. The van der Waals surface area contributed by atoms with Crippen LogP contribution in [-0.4, -0.2) is 26.3 Å². The summed E-state index contributed by atoms with van der Waals surface area (Å²) in [5, 5.41) is 0. The number of nitrogens with two attached hydrogens (primary N) is 1. The van der Waals surface area contributed by atoms with E-state index in [1.54, 1.807) is 6.07 Å². The summed E-state index contributed by atoms with van der Waals surface area (Å²) in [5.41, 5.74) is 7.40. The Bertz CT molecular complexity index is 425. The number of anilines is 1. The summed E-state index contributed by atoms with van der Waals surface area (Å²) in [5.74, 6) is -0.166. The van der Waals surface area contributed by atoms with Gasteiger partial charge in [-0.25, -0.2) is 4.39 Å². The first kappa shape index (κ1) is 11.0. The van der Waals surface area contributed by atoms with Gasteiger partial charge in [-0.3, -0.25) is 0 Å². The van der Waals surface area contributed by atoms with Crippen LogP contribution in [0.15, 0.2) is 18.2 Å². The van der Waals surface area contributed by atoms with Crippen LogP contribution in [0.25, 0.3) is 0 Å². The molecule has 1 aliphatic heterocycles. The van der Waals surface area contributed by atoms with Gasteiger partial charge in [-0.15, -0.1) is 0 Å². The molecule has 1 heterocycles. The van der Waals surface area contributed by atoms with Crippen molar-refractivity contribution in [2.24, 2.45) is 5.73 Å². The topological polar surface area (TPSA) is 38.5 Å². The van der Waals surface area contributed by atoms with Crippen LogP contribution in [0, 0.1) is 5.82 Å².